The lowest BCUT2D eigenvalue weighted by Gasteiger charge is -2.26. The molecule has 11 heteroatoms. The minimum atomic E-state index is -0.264. The van der Waals surface area contributed by atoms with E-state index >= 15 is 0 Å². The largest absolute Gasteiger partial charge is 0.466 e. The van der Waals surface area contributed by atoms with E-state index in [1.165, 1.54) is 11.3 Å². The van der Waals surface area contributed by atoms with Crippen molar-refractivity contribution in [3.63, 3.8) is 0 Å². The maximum atomic E-state index is 10.9. The van der Waals surface area contributed by atoms with Crippen molar-refractivity contribution in [2.24, 2.45) is 10.8 Å². The molecule has 0 spiro atoms. The van der Waals surface area contributed by atoms with Gasteiger partial charge in [0.15, 0.2) is 6.29 Å². The van der Waals surface area contributed by atoms with Gasteiger partial charge in [-0.2, -0.15) is 0 Å². The molecular formula is C72H60N6O3S2. The molecule has 0 unspecified atom stereocenters. The molecule has 0 fully saturated rings. The highest BCUT2D eigenvalue weighted by molar-refractivity contribution is 7.17. The van der Waals surface area contributed by atoms with Crippen LogP contribution in [0.1, 0.15) is 63.0 Å². The Bertz CT molecular complexity index is 3860. The van der Waals surface area contributed by atoms with Crippen molar-refractivity contribution in [1.82, 2.24) is 0 Å². The number of rotatable bonds is 11. The van der Waals surface area contributed by atoms with Gasteiger partial charge in [0.2, 0.25) is 0 Å². The molecule has 0 bridgehead atoms. The molecule has 83 heavy (non-hydrogen) atoms. The molecule has 0 N–H and O–H groups in total. The number of hydrogen-bond donors (Lipinski definition) is 0. The topological polar surface area (TPSA) is 98.3 Å². The average molecular weight is 1120 g/mol. The maximum absolute atomic E-state index is 10.9. The zero-order valence-corrected chi connectivity index (χ0v) is 48.9. The van der Waals surface area contributed by atoms with Crippen LogP contribution in [-0.2, 0) is 9.47 Å². The molecule has 0 atom stereocenters. The fourth-order valence-corrected chi connectivity index (χ4v) is 10.4. The van der Waals surface area contributed by atoms with Crippen LogP contribution in [0, 0.1) is 46.6 Å². The van der Waals surface area contributed by atoms with Gasteiger partial charge in [-0.3, -0.25) is 4.79 Å². The van der Waals surface area contributed by atoms with Gasteiger partial charge in [0.05, 0.1) is 35.9 Å². The molecule has 2 aliphatic heterocycles. The molecular weight excluding hydrogens is 1060 g/mol. The zero-order chi connectivity index (χ0) is 58.9. The number of ether oxygens (including phenoxy) is 2. The molecule has 2 aliphatic rings. The number of allylic oxidation sites excluding steroid dienone is 12. The third-order valence-electron chi connectivity index (χ3n) is 12.8. The third-order valence-corrected chi connectivity index (χ3v) is 15.0. The number of thiophene rings is 2. The van der Waals surface area contributed by atoms with E-state index in [2.05, 4.69) is 153 Å². The number of benzene rings is 6. The van der Waals surface area contributed by atoms with E-state index in [4.69, 9.17) is 27.9 Å². The van der Waals surface area contributed by atoms with Gasteiger partial charge in [0.1, 0.15) is 17.3 Å². The van der Waals surface area contributed by atoms with Crippen molar-refractivity contribution >= 4 is 69.2 Å². The van der Waals surface area contributed by atoms with Gasteiger partial charge < -0.3 is 19.3 Å². The molecule has 4 heterocycles. The lowest BCUT2D eigenvalue weighted by atomic mass is 9.91. The molecule has 0 saturated carbocycles. The van der Waals surface area contributed by atoms with Crippen LogP contribution in [0.15, 0.2) is 270 Å². The van der Waals surface area contributed by atoms with Crippen molar-refractivity contribution in [2.45, 2.75) is 48.5 Å². The van der Waals surface area contributed by atoms with E-state index in [0.29, 0.717) is 22.7 Å². The lowest BCUT2D eigenvalue weighted by molar-refractivity contribution is 0.112. The van der Waals surface area contributed by atoms with Gasteiger partial charge in [-0.05, 0) is 163 Å². The van der Waals surface area contributed by atoms with E-state index in [1.54, 1.807) is 35.6 Å². The normalized spacial score (nSPS) is 14.0. The summed E-state index contributed by atoms with van der Waals surface area (Å²) in [6.45, 7) is 28.3. The molecule has 6 aromatic carbocycles. The number of carbonyl (C=O) groups is 1. The van der Waals surface area contributed by atoms with E-state index in [9.17, 15) is 10.1 Å². The highest BCUT2D eigenvalue weighted by Crippen LogP contribution is 2.40. The Morgan fingerprint density at radius 2 is 0.831 bits per heavy atom. The Morgan fingerprint density at radius 1 is 0.470 bits per heavy atom. The molecule has 0 saturated heterocycles. The number of nitriles is 2. The Balaban J connectivity index is 0.000000182. The maximum Gasteiger partial charge on any atom is 0.269 e. The number of carbonyl (C=O) groups excluding carboxylic acids is 1. The van der Waals surface area contributed by atoms with Crippen LogP contribution in [0.3, 0.4) is 0 Å². The van der Waals surface area contributed by atoms with Crippen molar-refractivity contribution in [3.8, 4) is 33.0 Å². The summed E-state index contributed by atoms with van der Waals surface area (Å²) in [5.41, 5.74) is 9.86. The number of para-hydroxylation sites is 4. The monoisotopic (exact) mass is 1120 g/mol. The van der Waals surface area contributed by atoms with Gasteiger partial charge in [0.25, 0.3) is 11.4 Å². The van der Waals surface area contributed by atoms with Crippen LogP contribution >= 0.6 is 22.7 Å². The molecule has 10 rings (SSSR count). The number of nitrogens with zero attached hydrogens (tertiary/aromatic N) is 6. The van der Waals surface area contributed by atoms with Crippen LogP contribution in [0.4, 0.5) is 34.1 Å². The van der Waals surface area contributed by atoms with Gasteiger partial charge in [-0.25, -0.2) is 20.2 Å². The summed E-state index contributed by atoms with van der Waals surface area (Å²) in [4.78, 5) is 26.1. The van der Waals surface area contributed by atoms with Crippen LogP contribution in [0.2, 0.25) is 0 Å². The standard InChI is InChI=1S/C36H29N3OS.C23H17NOS.C13H14N2O/c1-36(2,3)35-24-27(33(25-37)38-4)23-31(40-35)19-20-32-21-22-34(41-32)26-15-17-30(18-16-26)39(28-11-7-5-8-12-28)29-13-9-6-10-14-29;25-17-22-15-16-23(26-22)18-11-13-21(14-12-18)24(19-7-3-1-4-8-19)20-9-5-2-6-10-20;1-9-6-10(11(8-14)15-5)7-12(16-9)13(2,3)4/h5-24H,1-3H3;1-17H;6-7H,1-4H3/b20-19+,33-27-;;11-10-. The first kappa shape index (κ1) is 58.9. The zero-order valence-electron chi connectivity index (χ0n) is 47.2. The lowest BCUT2D eigenvalue weighted by Crippen LogP contribution is -2.14. The van der Waals surface area contributed by atoms with Crippen molar-refractivity contribution in [2.75, 3.05) is 9.80 Å². The second-order valence-electron chi connectivity index (χ2n) is 21.0. The van der Waals surface area contributed by atoms with E-state index in [1.807, 2.05) is 133 Å². The number of aldehydes is 1. The summed E-state index contributed by atoms with van der Waals surface area (Å²) in [7, 11) is 0. The molecule has 2 aromatic heterocycles. The molecule has 408 valence electrons. The molecule has 0 aliphatic carbocycles. The second-order valence-corrected chi connectivity index (χ2v) is 23.3. The summed E-state index contributed by atoms with van der Waals surface area (Å²) in [6.07, 6.45) is 11.8. The highest BCUT2D eigenvalue weighted by Gasteiger charge is 2.25. The van der Waals surface area contributed by atoms with Crippen molar-refractivity contribution in [3.05, 3.63) is 303 Å². The summed E-state index contributed by atoms with van der Waals surface area (Å²) < 4.78 is 11.7. The van der Waals surface area contributed by atoms with Crippen LogP contribution in [-0.4, -0.2) is 6.29 Å². The van der Waals surface area contributed by atoms with Gasteiger partial charge in [0, 0.05) is 59.6 Å². The minimum Gasteiger partial charge on any atom is -0.466 e. The second kappa shape index (κ2) is 27.3. The summed E-state index contributed by atoms with van der Waals surface area (Å²) in [5.74, 6) is 2.81. The Labute approximate surface area is 495 Å². The third kappa shape index (κ3) is 15.4. The quantitative estimate of drug-likeness (QED) is 0.0723. The van der Waals surface area contributed by atoms with Gasteiger partial charge in [-0.15, -0.1) is 22.7 Å². The van der Waals surface area contributed by atoms with E-state index < -0.39 is 0 Å². The first-order chi connectivity index (χ1) is 40.1. The van der Waals surface area contributed by atoms with Crippen molar-refractivity contribution < 1.29 is 14.3 Å². The Morgan fingerprint density at radius 3 is 1.19 bits per heavy atom. The molecule has 0 amide bonds. The smallest absolute Gasteiger partial charge is 0.269 e. The fraction of sp³-hybridized carbons (Fsp3) is 0.125. The first-order valence-electron chi connectivity index (χ1n) is 26.7. The van der Waals surface area contributed by atoms with Gasteiger partial charge >= 0.3 is 0 Å². The highest BCUT2D eigenvalue weighted by atomic mass is 32.1. The van der Waals surface area contributed by atoms with E-state index in [0.717, 1.165) is 82.6 Å². The summed E-state index contributed by atoms with van der Waals surface area (Å²) in [5, 5.41) is 18.2. The van der Waals surface area contributed by atoms with E-state index in [-0.39, 0.29) is 22.2 Å². The molecule has 9 nitrogen and oxygen atoms in total. The van der Waals surface area contributed by atoms with Crippen LogP contribution in [0.25, 0.3) is 36.6 Å². The molecule has 8 aromatic rings. The summed E-state index contributed by atoms with van der Waals surface area (Å²) >= 11 is 3.20. The van der Waals surface area contributed by atoms with Crippen LogP contribution < -0.4 is 9.80 Å². The van der Waals surface area contributed by atoms with Gasteiger partial charge in [-0.1, -0.05) is 139 Å². The predicted molar refractivity (Wildman–Crippen MR) is 341 cm³/mol. The van der Waals surface area contributed by atoms with Crippen LogP contribution in [0.5, 0.6) is 0 Å². The fourth-order valence-electron chi connectivity index (χ4n) is 8.64. The minimum absolute atomic E-state index is 0.0564. The van der Waals surface area contributed by atoms with Crippen molar-refractivity contribution in [1.29, 1.82) is 10.5 Å². The Hall–Kier alpha value is -10.3. The summed E-state index contributed by atoms with van der Waals surface area (Å²) in [6, 6.07) is 70.5. The SMILES string of the molecule is O=Cc1ccc(-c2ccc(N(c3ccccc3)c3ccccc3)cc2)s1.[C-]#[N+]/C(C#N)=C1/C=C(C)OC(C(C)(C)C)=C1.[C-]#[N+]/C(C#N)=C1C=C(/C=C/c2ccc(-c3ccc(N(c4ccccc4)c4ccccc4)cc3)s2)OC(C(C)(C)C)=C/1. The predicted octanol–water partition coefficient (Wildman–Crippen LogP) is 20.7. The number of anilines is 6. The first-order valence-corrected chi connectivity index (χ1v) is 28.3. The average Bonchev–Trinajstić information content (AvgIpc) is 4.22. The number of hydrogen-bond acceptors (Lipinski definition) is 9. The Kier molecular flexibility index (Phi) is 19.3. The molecule has 0 radical (unpaired) electrons.